The molecule has 2 bridgehead atoms. The van der Waals surface area contributed by atoms with Crippen molar-refractivity contribution in [1.29, 1.82) is 0 Å². The average molecular weight is 438 g/mol. The molecule has 32 heavy (non-hydrogen) atoms. The van der Waals surface area contributed by atoms with Crippen molar-refractivity contribution in [1.82, 2.24) is 24.6 Å². The number of aryl methyl sites for hydroxylation is 3. The SMILES string of the molecule is Cc1ccc(C(=O)N2C[C@H]3CC[C@@H](C2)C3NC(=O)c2c3c(nn2C)CCCC3)c(=O)n1C. The largest absolute Gasteiger partial charge is 0.347 e. The number of nitrogens with zero attached hydrogens (tertiary/aromatic N) is 4. The predicted octanol–water partition coefficient (Wildman–Crippen LogP) is 1.59. The van der Waals surface area contributed by atoms with E-state index in [4.69, 9.17) is 0 Å². The van der Waals surface area contributed by atoms with Crippen molar-refractivity contribution in [3.05, 3.63) is 50.7 Å². The average Bonchev–Trinajstić information content (AvgIpc) is 3.21. The number of aromatic nitrogens is 3. The smallest absolute Gasteiger partial charge is 0.270 e. The topological polar surface area (TPSA) is 89.2 Å². The molecule has 1 saturated carbocycles. The van der Waals surface area contributed by atoms with Gasteiger partial charge in [-0.25, -0.2) is 0 Å². The number of carbonyl (C=O) groups is 2. The fraction of sp³-hybridized carbons (Fsp3) is 0.583. The molecule has 3 heterocycles. The van der Waals surface area contributed by atoms with Crippen LogP contribution >= 0.6 is 0 Å². The third-order valence-corrected chi connectivity index (χ3v) is 7.74. The highest BCUT2D eigenvalue weighted by atomic mass is 16.2. The molecule has 3 aliphatic rings. The van der Waals surface area contributed by atoms with E-state index in [2.05, 4.69) is 10.4 Å². The first-order valence-corrected chi connectivity index (χ1v) is 11.7. The molecule has 1 N–H and O–H groups in total. The minimum Gasteiger partial charge on any atom is -0.347 e. The Morgan fingerprint density at radius 3 is 2.47 bits per heavy atom. The molecule has 1 unspecified atom stereocenters. The summed E-state index contributed by atoms with van der Waals surface area (Å²) in [6.07, 6.45) is 6.05. The van der Waals surface area contributed by atoms with E-state index in [0.717, 1.165) is 55.5 Å². The fourth-order valence-electron chi connectivity index (χ4n) is 5.87. The van der Waals surface area contributed by atoms with Crippen LogP contribution in [0.5, 0.6) is 0 Å². The second-order valence-electron chi connectivity index (χ2n) is 9.66. The Balaban J connectivity index is 1.32. The minimum atomic E-state index is -0.251. The molecular weight excluding hydrogens is 406 g/mol. The highest BCUT2D eigenvalue weighted by Crippen LogP contribution is 2.37. The molecule has 8 nitrogen and oxygen atoms in total. The van der Waals surface area contributed by atoms with Crippen LogP contribution in [-0.2, 0) is 26.9 Å². The van der Waals surface area contributed by atoms with Crippen molar-refractivity contribution >= 4 is 11.8 Å². The van der Waals surface area contributed by atoms with Gasteiger partial charge >= 0.3 is 0 Å². The van der Waals surface area contributed by atoms with E-state index < -0.39 is 0 Å². The number of amides is 2. The van der Waals surface area contributed by atoms with Crippen molar-refractivity contribution in [2.75, 3.05) is 13.1 Å². The van der Waals surface area contributed by atoms with Crippen LogP contribution in [0.15, 0.2) is 16.9 Å². The van der Waals surface area contributed by atoms with Crippen LogP contribution in [0.1, 0.15) is 63.5 Å². The van der Waals surface area contributed by atoms with Crippen LogP contribution in [0.4, 0.5) is 0 Å². The van der Waals surface area contributed by atoms with E-state index in [1.807, 2.05) is 24.9 Å². The first-order chi connectivity index (χ1) is 15.3. The lowest BCUT2D eigenvalue weighted by Crippen LogP contribution is -2.54. The summed E-state index contributed by atoms with van der Waals surface area (Å²) in [6, 6.07) is 3.51. The molecule has 2 aromatic heterocycles. The van der Waals surface area contributed by atoms with Gasteiger partial charge < -0.3 is 14.8 Å². The maximum atomic E-state index is 13.2. The van der Waals surface area contributed by atoms with E-state index in [9.17, 15) is 14.4 Å². The number of carbonyl (C=O) groups excluding carboxylic acids is 2. The van der Waals surface area contributed by atoms with Gasteiger partial charge in [0.2, 0.25) is 0 Å². The molecule has 0 radical (unpaired) electrons. The van der Waals surface area contributed by atoms with E-state index >= 15 is 0 Å². The van der Waals surface area contributed by atoms with Crippen molar-refractivity contribution in [3.8, 4) is 0 Å². The first-order valence-electron chi connectivity index (χ1n) is 11.7. The highest BCUT2D eigenvalue weighted by Gasteiger charge is 2.45. The van der Waals surface area contributed by atoms with Gasteiger partial charge in [-0.3, -0.25) is 19.1 Å². The number of hydrogen-bond donors (Lipinski definition) is 1. The van der Waals surface area contributed by atoms with Crippen molar-refractivity contribution in [2.45, 2.75) is 51.5 Å². The highest BCUT2D eigenvalue weighted by molar-refractivity contribution is 5.95. The molecule has 0 spiro atoms. The van der Waals surface area contributed by atoms with Gasteiger partial charge in [-0.05, 0) is 69.4 Å². The molecule has 8 heteroatoms. The van der Waals surface area contributed by atoms with Crippen LogP contribution in [0.2, 0.25) is 0 Å². The van der Waals surface area contributed by atoms with E-state index in [-0.39, 0.29) is 40.8 Å². The Labute approximate surface area is 187 Å². The van der Waals surface area contributed by atoms with E-state index in [1.165, 1.54) is 4.57 Å². The van der Waals surface area contributed by atoms with Crippen LogP contribution in [-0.4, -0.2) is 50.2 Å². The number of fused-ring (bicyclic) bond motifs is 3. The normalized spacial score (nSPS) is 24.3. The maximum absolute atomic E-state index is 13.2. The summed E-state index contributed by atoms with van der Waals surface area (Å²) in [7, 11) is 3.54. The summed E-state index contributed by atoms with van der Waals surface area (Å²) >= 11 is 0. The van der Waals surface area contributed by atoms with Crippen molar-refractivity contribution < 1.29 is 9.59 Å². The minimum absolute atomic E-state index is 0.0442. The Bertz CT molecular complexity index is 1130. The van der Waals surface area contributed by atoms with E-state index in [1.54, 1.807) is 17.8 Å². The molecule has 2 aliphatic carbocycles. The van der Waals surface area contributed by atoms with Gasteiger partial charge in [-0.1, -0.05) is 0 Å². The van der Waals surface area contributed by atoms with Crippen LogP contribution in [0.25, 0.3) is 0 Å². The number of nitrogens with one attached hydrogen (secondary N) is 1. The standard InChI is InChI=1S/C24H31N5O3/c1-14-8-11-18(23(31)27(14)2)24(32)29-12-15-9-10-16(13-29)20(15)25-22(30)21-17-6-4-5-7-19(17)26-28(21)3/h8,11,15-16,20H,4-7,9-10,12-13H2,1-3H3,(H,25,30)/t15-,16+,20?. The monoisotopic (exact) mass is 437 g/mol. The van der Waals surface area contributed by atoms with E-state index in [0.29, 0.717) is 18.8 Å². The van der Waals surface area contributed by atoms with Gasteiger partial charge in [0.25, 0.3) is 17.4 Å². The summed E-state index contributed by atoms with van der Waals surface area (Å²) < 4.78 is 3.25. The molecule has 5 rings (SSSR count). The zero-order valence-corrected chi connectivity index (χ0v) is 19.1. The molecular formula is C24H31N5O3. The van der Waals surface area contributed by atoms with Crippen LogP contribution in [0, 0.1) is 18.8 Å². The molecule has 3 atom stereocenters. The fourth-order valence-corrected chi connectivity index (χ4v) is 5.87. The van der Waals surface area contributed by atoms with Crippen molar-refractivity contribution in [3.63, 3.8) is 0 Å². The molecule has 2 aromatic rings. The van der Waals surface area contributed by atoms with Gasteiger partial charge in [0.1, 0.15) is 11.3 Å². The second-order valence-corrected chi connectivity index (χ2v) is 9.66. The van der Waals surface area contributed by atoms with Crippen LogP contribution < -0.4 is 10.9 Å². The van der Waals surface area contributed by atoms with Gasteiger partial charge in [0.15, 0.2) is 0 Å². The number of hydrogen-bond acceptors (Lipinski definition) is 4. The quantitative estimate of drug-likeness (QED) is 0.790. The summed E-state index contributed by atoms with van der Waals surface area (Å²) in [6.45, 7) is 2.99. The third kappa shape index (κ3) is 3.36. The number of piperidine rings is 1. The first kappa shape index (κ1) is 21.0. The Morgan fingerprint density at radius 1 is 1.06 bits per heavy atom. The Morgan fingerprint density at radius 2 is 1.75 bits per heavy atom. The zero-order chi connectivity index (χ0) is 22.6. The molecule has 1 saturated heterocycles. The lowest BCUT2D eigenvalue weighted by molar-refractivity contribution is 0.0595. The Hall–Kier alpha value is -2.90. The Kier molecular flexibility index (Phi) is 5.18. The van der Waals surface area contributed by atoms with Gasteiger partial charge in [-0.15, -0.1) is 0 Å². The molecule has 2 amide bonds. The summed E-state index contributed by atoms with van der Waals surface area (Å²) in [5.74, 6) is 0.171. The summed E-state index contributed by atoms with van der Waals surface area (Å²) in [4.78, 5) is 40.8. The number of likely N-dealkylation sites (tertiary alicyclic amines) is 1. The number of pyridine rings is 1. The number of rotatable bonds is 3. The lowest BCUT2D eigenvalue weighted by atomic mass is 9.91. The molecule has 170 valence electrons. The van der Waals surface area contributed by atoms with Gasteiger partial charge in [0.05, 0.1) is 5.69 Å². The predicted molar refractivity (Wildman–Crippen MR) is 120 cm³/mol. The van der Waals surface area contributed by atoms with Crippen molar-refractivity contribution in [2.24, 2.45) is 25.9 Å². The van der Waals surface area contributed by atoms with Crippen LogP contribution in [0.3, 0.4) is 0 Å². The second kappa shape index (κ2) is 7.90. The molecule has 0 aromatic carbocycles. The molecule has 1 aliphatic heterocycles. The zero-order valence-electron chi connectivity index (χ0n) is 19.1. The van der Waals surface area contributed by atoms with Gasteiger partial charge in [0, 0.05) is 44.5 Å². The maximum Gasteiger partial charge on any atom is 0.270 e. The third-order valence-electron chi connectivity index (χ3n) is 7.74. The lowest BCUT2D eigenvalue weighted by Gasteiger charge is -2.38. The summed E-state index contributed by atoms with van der Waals surface area (Å²) in [5.41, 5.74) is 3.66. The molecule has 2 fully saturated rings. The van der Waals surface area contributed by atoms with Gasteiger partial charge in [-0.2, -0.15) is 5.10 Å². The summed E-state index contributed by atoms with van der Waals surface area (Å²) in [5, 5.41) is 7.88.